The number of hydrogen-bond acceptors (Lipinski definition) is 2. The summed E-state index contributed by atoms with van der Waals surface area (Å²) in [5.41, 5.74) is 6.80. The summed E-state index contributed by atoms with van der Waals surface area (Å²) in [7, 11) is 0. The van der Waals surface area contributed by atoms with E-state index in [9.17, 15) is 9.18 Å². The zero-order valence-electron chi connectivity index (χ0n) is 11.2. The molecule has 0 aliphatic heterocycles. The maximum absolute atomic E-state index is 13.3. The van der Waals surface area contributed by atoms with Crippen LogP contribution in [0.4, 0.5) is 10.1 Å². The fraction of sp³-hybridized carbons (Fsp3) is 0.500. The molecule has 1 aromatic carbocycles. The van der Waals surface area contributed by atoms with Gasteiger partial charge in [0.05, 0.1) is 0 Å². The molecule has 0 spiro atoms. The van der Waals surface area contributed by atoms with E-state index in [-0.39, 0.29) is 11.7 Å². The SMILES string of the molecule is CCCC(C)C(Nc1cc(C)cc(F)c1)C(N)=O. The highest BCUT2D eigenvalue weighted by atomic mass is 19.1. The van der Waals surface area contributed by atoms with E-state index in [1.807, 2.05) is 13.8 Å². The van der Waals surface area contributed by atoms with E-state index in [0.717, 1.165) is 18.4 Å². The van der Waals surface area contributed by atoms with E-state index in [1.165, 1.54) is 12.1 Å². The highest BCUT2D eigenvalue weighted by molar-refractivity contribution is 5.83. The van der Waals surface area contributed by atoms with Crippen LogP contribution < -0.4 is 11.1 Å². The first-order valence-electron chi connectivity index (χ1n) is 6.27. The van der Waals surface area contributed by atoms with E-state index < -0.39 is 11.9 Å². The number of carbonyl (C=O) groups is 1. The van der Waals surface area contributed by atoms with Crippen molar-refractivity contribution in [3.63, 3.8) is 0 Å². The number of primary amides is 1. The maximum Gasteiger partial charge on any atom is 0.240 e. The minimum atomic E-state index is -0.467. The Balaban J connectivity index is 2.86. The molecule has 1 aromatic rings. The first kappa shape index (κ1) is 14.5. The van der Waals surface area contributed by atoms with Gasteiger partial charge in [0.15, 0.2) is 0 Å². The molecule has 3 N–H and O–H groups in total. The fourth-order valence-corrected chi connectivity index (χ4v) is 2.12. The molecule has 0 bridgehead atoms. The quantitative estimate of drug-likeness (QED) is 0.818. The molecular formula is C14H21FN2O. The van der Waals surface area contributed by atoms with Crippen molar-refractivity contribution in [1.29, 1.82) is 0 Å². The minimum absolute atomic E-state index is 0.121. The van der Waals surface area contributed by atoms with Crippen molar-refractivity contribution in [3.8, 4) is 0 Å². The molecule has 2 unspecified atom stereocenters. The van der Waals surface area contributed by atoms with Crippen LogP contribution in [-0.4, -0.2) is 11.9 Å². The van der Waals surface area contributed by atoms with E-state index in [2.05, 4.69) is 12.2 Å². The summed E-state index contributed by atoms with van der Waals surface area (Å²) in [4.78, 5) is 11.5. The van der Waals surface area contributed by atoms with E-state index in [4.69, 9.17) is 5.73 Å². The zero-order chi connectivity index (χ0) is 13.7. The second-order valence-corrected chi connectivity index (χ2v) is 4.81. The van der Waals surface area contributed by atoms with Gasteiger partial charge in [0.2, 0.25) is 5.91 Å². The molecule has 0 aliphatic rings. The number of aryl methyl sites for hydroxylation is 1. The van der Waals surface area contributed by atoms with Gasteiger partial charge in [-0.15, -0.1) is 0 Å². The third kappa shape index (κ3) is 4.02. The smallest absolute Gasteiger partial charge is 0.240 e. The number of anilines is 1. The fourth-order valence-electron chi connectivity index (χ4n) is 2.12. The largest absolute Gasteiger partial charge is 0.373 e. The summed E-state index contributed by atoms with van der Waals surface area (Å²) >= 11 is 0. The van der Waals surface area contributed by atoms with Crippen LogP contribution >= 0.6 is 0 Å². The molecule has 0 fully saturated rings. The Hall–Kier alpha value is -1.58. The van der Waals surface area contributed by atoms with Gasteiger partial charge in [-0.2, -0.15) is 0 Å². The number of amides is 1. The molecule has 2 atom stereocenters. The van der Waals surface area contributed by atoms with Gasteiger partial charge in [-0.25, -0.2) is 4.39 Å². The van der Waals surface area contributed by atoms with Crippen LogP contribution in [0.2, 0.25) is 0 Å². The van der Waals surface area contributed by atoms with Crippen LogP contribution in [0.5, 0.6) is 0 Å². The number of nitrogens with two attached hydrogens (primary N) is 1. The lowest BCUT2D eigenvalue weighted by Gasteiger charge is -2.23. The van der Waals surface area contributed by atoms with Gasteiger partial charge in [-0.05, 0) is 43.0 Å². The lowest BCUT2D eigenvalue weighted by Crippen LogP contribution is -2.40. The Kier molecular flexibility index (Phi) is 5.13. The number of carbonyl (C=O) groups excluding carboxylic acids is 1. The highest BCUT2D eigenvalue weighted by Crippen LogP contribution is 2.19. The van der Waals surface area contributed by atoms with Crippen molar-refractivity contribution < 1.29 is 9.18 Å². The molecule has 0 radical (unpaired) electrons. The lowest BCUT2D eigenvalue weighted by molar-refractivity contribution is -0.119. The Morgan fingerprint density at radius 1 is 1.44 bits per heavy atom. The molecule has 1 rings (SSSR count). The molecule has 0 aliphatic carbocycles. The second-order valence-electron chi connectivity index (χ2n) is 4.81. The van der Waals surface area contributed by atoms with Crippen molar-refractivity contribution in [1.82, 2.24) is 0 Å². The third-order valence-corrected chi connectivity index (χ3v) is 2.98. The summed E-state index contributed by atoms with van der Waals surface area (Å²) < 4.78 is 13.3. The zero-order valence-corrected chi connectivity index (χ0v) is 11.2. The van der Waals surface area contributed by atoms with Crippen molar-refractivity contribution in [2.45, 2.75) is 39.7 Å². The summed E-state index contributed by atoms with van der Waals surface area (Å²) in [6.45, 7) is 5.84. The normalized spacial score (nSPS) is 14.0. The van der Waals surface area contributed by atoms with Crippen molar-refractivity contribution in [2.75, 3.05) is 5.32 Å². The van der Waals surface area contributed by atoms with Gasteiger partial charge < -0.3 is 11.1 Å². The van der Waals surface area contributed by atoms with Crippen molar-refractivity contribution in [2.24, 2.45) is 11.7 Å². The molecular weight excluding hydrogens is 231 g/mol. The Bertz CT molecular complexity index is 400. The van der Waals surface area contributed by atoms with Gasteiger partial charge in [0.25, 0.3) is 0 Å². The predicted molar refractivity (Wildman–Crippen MR) is 71.8 cm³/mol. The number of nitrogens with one attached hydrogen (secondary N) is 1. The summed E-state index contributed by atoms with van der Waals surface area (Å²) in [6, 6.07) is 4.16. The van der Waals surface area contributed by atoms with E-state index in [0.29, 0.717) is 5.69 Å². The number of rotatable bonds is 6. The molecule has 4 heteroatoms. The number of halogens is 1. The first-order chi connectivity index (χ1) is 8.43. The van der Waals surface area contributed by atoms with Crippen LogP contribution in [0.1, 0.15) is 32.3 Å². The molecule has 3 nitrogen and oxygen atoms in total. The molecule has 0 heterocycles. The lowest BCUT2D eigenvalue weighted by atomic mass is 9.96. The molecule has 100 valence electrons. The van der Waals surface area contributed by atoms with Crippen LogP contribution in [0, 0.1) is 18.7 Å². The average Bonchev–Trinajstić information content (AvgIpc) is 2.24. The number of hydrogen-bond donors (Lipinski definition) is 2. The first-order valence-corrected chi connectivity index (χ1v) is 6.27. The van der Waals surface area contributed by atoms with Crippen LogP contribution in [0.25, 0.3) is 0 Å². The Labute approximate surface area is 108 Å². The summed E-state index contributed by atoms with van der Waals surface area (Å²) in [6.07, 6.45) is 1.88. The second kappa shape index (κ2) is 6.38. The van der Waals surface area contributed by atoms with Gasteiger partial charge in [0.1, 0.15) is 11.9 Å². The van der Waals surface area contributed by atoms with Crippen LogP contribution in [0.15, 0.2) is 18.2 Å². The monoisotopic (exact) mass is 252 g/mol. The number of benzene rings is 1. The highest BCUT2D eigenvalue weighted by Gasteiger charge is 2.22. The predicted octanol–water partition coefficient (Wildman–Crippen LogP) is 2.84. The van der Waals surface area contributed by atoms with Crippen molar-refractivity contribution >= 4 is 11.6 Å². The molecule has 1 amide bonds. The van der Waals surface area contributed by atoms with Crippen molar-refractivity contribution in [3.05, 3.63) is 29.6 Å². The Morgan fingerprint density at radius 2 is 2.11 bits per heavy atom. The molecule has 0 saturated carbocycles. The van der Waals surface area contributed by atoms with Gasteiger partial charge in [-0.3, -0.25) is 4.79 Å². The molecule has 0 saturated heterocycles. The van der Waals surface area contributed by atoms with E-state index >= 15 is 0 Å². The minimum Gasteiger partial charge on any atom is -0.373 e. The average molecular weight is 252 g/mol. The Morgan fingerprint density at radius 3 is 2.61 bits per heavy atom. The van der Waals surface area contributed by atoms with Gasteiger partial charge >= 0.3 is 0 Å². The molecule has 18 heavy (non-hydrogen) atoms. The summed E-state index contributed by atoms with van der Waals surface area (Å²) in [5.74, 6) is -0.599. The third-order valence-electron chi connectivity index (χ3n) is 2.98. The van der Waals surface area contributed by atoms with Crippen LogP contribution in [-0.2, 0) is 4.79 Å². The standard InChI is InChI=1S/C14H21FN2O/c1-4-5-10(3)13(14(16)18)17-12-7-9(2)6-11(15)8-12/h6-8,10,13,17H,4-5H2,1-3H3,(H2,16,18). The van der Waals surface area contributed by atoms with E-state index in [1.54, 1.807) is 6.07 Å². The maximum atomic E-state index is 13.3. The van der Waals surface area contributed by atoms with Gasteiger partial charge in [-0.1, -0.05) is 20.3 Å². The topological polar surface area (TPSA) is 55.1 Å². The van der Waals surface area contributed by atoms with Gasteiger partial charge in [0, 0.05) is 5.69 Å². The summed E-state index contributed by atoms with van der Waals surface area (Å²) in [5, 5.41) is 3.03. The molecule has 0 aromatic heterocycles. The van der Waals surface area contributed by atoms with Crippen LogP contribution in [0.3, 0.4) is 0 Å².